The molecule has 0 aliphatic heterocycles. The van der Waals surface area contributed by atoms with Crippen LogP contribution in [0.3, 0.4) is 0 Å². The third-order valence-corrected chi connectivity index (χ3v) is 2.03. The minimum Gasteiger partial charge on any atom is -0.396 e. The predicted molar refractivity (Wildman–Crippen MR) is 59.9 cm³/mol. The van der Waals surface area contributed by atoms with Gasteiger partial charge in [-0.1, -0.05) is 35.8 Å². The lowest BCUT2D eigenvalue weighted by Crippen LogP contribution is -2.00. The Labute approximate surface area is 89.5 Å². The Hall–Kier alpha value is -1.02. The number of rotatable bonds is 4. The van der Waals surface area contributed by atoms with Gasteiger partial charge in [-0.05, 0) is 25.5 Å². The van der Waals surface area contributed by atoms with E-state index in [4.69, 9.17) is 16.4 Å². The standard InChI is InChI=1S/C11H14ClNO/c1-3-11(13-14-4-2)9-6-5-7-10(12)8-9/h5-8H,3-4H2,1-2H3/b13-11+. The van der Waals surface area contributed by atoms with Crippen LogP contribution >= 0.6 is 11.6 Å². The third kappa shape index (κ3) is 3.04. The van der Waals surface area contributed by atoms with Gasteiger partial charge in [0.15, 0.2) is 0 Å². The molecule has 0 atom stereocenters. The predicted octanol–water partition coefficient (Wildman–Crippen LogP) is 3.49. The lowest BCUT2D eigenvalue weighted by atomic mass is 10.1. The zero-order valence-electron chi connectivity index (χ0n) is 8.46. The highest BCUT2D eigenvalue weighted by Crippen LogP contribution is 2.13. The van der Waals surface area contributed by atoms with E-state index in [0.29, 0.717) is 6.61 Å². The first kappa shape index (κ1) is 11.1. The van der Waals surface area contributed by atoms with Crippen LogP contribution < -0.4 is 0 Å². The molecule has 0 fully saturated rings. The van der Waals surface area contributed by atoms with Gasteiger partial charge < -0.3 is 4.84 Å². The van der Waals surface area contributed by atoms with E-state index in [1.54, 1.807) is 0 Å². The van der Waals surface area contributed by atoms with E-state index < -0.39 is 0 Å². The summed E-state index contributed by atoms with van der Waals surface area (Å²) in [6, 6.07) is 7.63. The van der Waals surface area contributed by atoms with Crippen molar-refractivity contribution >= 4 is 17.3 Å². The number of oxime groups is 1. The van der Waals surface area contributed by atoms with E-state index in [-0.39, 0.29) is 0 Å². The van der Waals surface area contributed by atoms with Gasteiger partial charge in [0.1, 0.15) is 6.61 Å². The van der Waals surface area contributed by atoms with Crippen molar-refractivity contribution in [1.29, 1.82) is 0 Å². The van der Waals surface area contributed by atoms with Crippen LogP contribution in [0.2, 0.25) is 5.02 Å². The molecule has 76 valence electrons. The molecular formula is C11H14ClNO. The number of nitrogens with zero attached hydrogens (tertiary/aromatic N) is 1. The zero-order valence-corrected chi connectivity index (χ0v) is 9.21. The molecule has 0 saturated carbocycles. The number of hydrogen-bond donors (Lipinski definition) is 0. The smallest absolute Gasteiger partial charge is 0.114 e. The maximum absolute atomic E-state index is 5.88. The van der Waals surface area contributed by atoms with E-state index in [0.717, 1.165) is 22.7 Å². The molecule has 1 aromatic rings. The molecule has 0 spiro atoms. The molecule has 0 amide bonds. The fourth-order valence-electron chi connectivity index (χ4n) is 1.13. The second-order valence-electron chi connectivity index (χ2n) is 2.82. The van der Waals surface area contributed by atoms with Crippen molar-refractivity contribution in [2.75, 3.05) is 6.61 Å². The van der Waals surface area contributed by atoms with Crippen LogP contribution in [0.25, 0.3) is 0 Å². The monoisotopic (exact) mass is 211 g/mol. The molecule has 0 heterocycles. The fraction of sp³-hybridized carbons (Fsp3) is 0.364. The molecule has 0 bridgehead atoms. The number of halogens is 1. The van der Waals surface area contributed by atoms with Crippen molar-refractivity contribution < 1.29 is 4.84 Å². The first-order valence-corrected chi connectivity index (χ1v) is 5.10. The quantitative estimate of drug-likeness (QED) is 0.552. The van der Waals surface area contributed by atoms with Gasteiger partial charge in [-0.2, -0.15) is 0 Å². The van der Waals surface area contributed by atoms with Gasteiger partial charge in [0.2, 0.25) is 0 Å². The second-order valence-corrected chi connectivity index (χ2v) is 3.26. The minimum absolute atomic E-state index is 0.587. The van der Waals surface area contributed by atoms with Gasteiger partial charge in [0.05, 0.1) is 5.71 Å². The molecule has 0 radical (unpaired) electrons. The molecule has 14 heavy (non-hydrogen) atoms. The molecule has 2 nitrogen and oxygen atoms in total. The van der Waals surface area contributed by atoms with Gasteiger partial charge in [0.25, 0.3) is 0 Å². The summed E-state index contributed by atoms with van der Waals surface area (Å²) < 4.78 is 0. The summed E-state index contributed by atoms with van der Waals surface area (Å²) in [5.41, 5.74) is 1.95. The van der Waals surface area contributed by atoms with Crippen LogP contribution in [0.15, 0.2) is 29.4 Å². The van der Waals surface area contributed by atoms with E-state index in [1.807, 2.05) is 38.1 Å². The molecule has 0 aromatic heterocycles. The summed E-state index contributed by atoms with van der Waals surface area (Å²) in [7, 11) is 0. The van der Waals surface area contributed by atoms with Crippen molar-refractivity contribution in [3.63, 3.8) is 0 Å². The summed E-state index contributed by atoms with van der Waals surface area (Å²) >= 11 is 5.88. The van der Waals surface area contributed by atoms with Crippen LogP contribution in [-0.4, -0.2) is 12.3 Å². The molecule has 0 aliphatic carbocycles. The summed E-state index contributed by atoms with van der Waals surface area (Å²) in [6.07, 6.45) is 0.834. The highest BCUT2D eigenvalue weighted by atomic mass is 35.5. The molecular weight excluding hydrogens is 198 g/mol. The first-order chi connectivity index (χ1) is 6.77. The van der Waals surface area contributed by atoms with Gasteiger partial charge in [-0.3, -0.25) is 0 Å². The normalized spacial score (nSPS) is 11.5. The van der Waals surface area contributed by atoms with Crippen LogP contribution in [0.4, 0.5) is 0 Å². The van der Waals surface area contributed by atoms with Crippen LogP contribution in [0.5, 0.6) is 0 Å². The molecule has 0 aliphatic rings. The van der Waals surface area contributed by atoms with Crippen molar-refractivity contribution in [3.05, 3.63) is 34.9 Å². The Balaban J connectivity index is 2.89. The van der Waals surface area contributed by atoms with Crippen molar-refractivity contribution in [3.8, 4) is 0 Å². The Kier molecular flexibility index (Phi) is 4.47. The van der Waals surface area contributed by atoms with Gasteiger partial charge >= 0.3 is 0 Å². The lowest BCUT2D eigenvalue weighted by molar-refractivity contribution is 0.158. The van der Waals surface area contributed by atoms with Crippen molar-refractivity contribution in [2.45, 2.75) is 20.3 Å². The minimum atomic E-state index is 0.587. The number of benzene rings is 1. The summed E-state index contributed by atoms with van der Waals surface area (Å²) in [6.45, 7) is 4.54. The first-order valence-electron chi connectivity index (χ1n) is 4.72. The molecule has 1 aromatic carbocycles. The Morgan fingerprint density at radius 3 is 2.79 bits per heavy atom. The van der Waals surface area contributed by atoms with E-state index in [9.17, 15) is 0 Å². The average Bonchev–Trinajstić information content (AvgIpc) is 2.19. The molecule has 0 N–H and O–H groups in total. The zero-order chi connectivity index (χ0) is 10.4. The molecule has 0 unspecified atom stereocenters. The summed E-state index contributed by atoms with van der Waals surface area (Å²) in [5.74, 6) is 0. The molecule has 0 saturated heterocycles. The van der Waals surface area contributed by atoms with E-state index >= 15 is 0 Å². The largest absolute Gasteiger partial charge is 0.396 e. The number of hydrogen-bond acceptors (Lipinski definition) is 2. The van der Waals surface area contributed by atoms with E-state index in [1.165, 1.54) is 0 Å². The van der Waals surface area contributed by atoms with Gasteiger partial charge in [0, 0.05) is 10.6 Å². The fourth-order valence-corrected chi connectivity index (χ4v) is 1.32. The second kappa shape index (κ2) is 5.66. The Morgan fingerprint density at radius 1 is 1.43 bits per heavy atom. The molecule has 3 heteroatoms. The van der Waals surface area contributed by atoms with Crippen molar-refractivity contribution in [2.24, 2.45) is 5.16 Å². The summed E-state index contributed by atoms with van der Waals surface area (Å²) in [4.78, 5) is 5.03. The highest BCUT2D eigenvalue weighted by molar-refractivity contribution is 6.31. The highest BCUT2D eigenvalue weighted by Gasteiger charge is 2.01. The maximum Gasteiger partial charge on any atom is 0.114 e. The van der Waals surface area contributed by atoms with Crippen LogP contribution in [0.1, 0.15) is 25.8 Å². The van der Waals surface area contributed by atoms with Gasteiger partial charge in [-0.25, -0.2) is 0 Å². The van der Waals surface area contributed by atoms with Crippen molar-refractivity contribution in [1.82, 2.24) is 0 Å². The topological polar surface area (TPSA) is 21.6 Å². The lowest BCUT2D eigenvalue weighted by Gasteiger charge is -2.03. The maximum atomic E-state index is 5.88. The van der Waals surface area contributed by atoms with Crippen LogP contribution in [-0.2, 0) is 4.84 Å². The third-order valence-electron chi connectivity index (χ3n) is 1.80. The summed E-state index contributed by atoms with van der Waals surface area (Å²) in [5, 5.41) is 4.75. The Morgan fingerprint density at radius 2 is 2.21 bits per heavy atom. The molecule has 1 rings (SSSR count). The van der Waals surface area contributed by atoms with Crippen LogP contribution in [0, 0.1) is 0 Å². The van der Waals surface area contributed by atoms with E-state index in [2.05, 4.69) is 5.16 Å². The average molecular weight is 212 g/mol. The van der Waals surface area contributed by atoms with Gasteiger partial charge in [-0.15, -0.1) is 0 Å². The Bertz CT molecular complexity index is 323. The SMILES string of the molecule is CCO/N=C(\CC)c1cccc(Cl)c1.